The van der Waals surface area contributed by atoms with Crippen LogP contribution in [0.4, 0.5) is 0 Å². The fourth-order valence-electron chi connectivity index (χ4n) is 0. The van der Waals surface area contributed by atoms with E-state index in [9.17, 15) is 0 Å². The second kappa shape index (κ2) is 10.8. The zero-order valence-electron chi connectivity index (χ0n) is 6.14. The summed E-state index contributed by atoms with van der Waals surface area (Å²) in [6, 6.07) is 0. The van der Waals surface area contributed by atoms with Crippen LogP contribution in [0.2, 0.25) is 0 Å². The Kier molecular flexibility index (Phi) is 19.1. The fraction of sp³-hybridized carbons (Fsp3) is 0.250. The van der Waals surface area contributed by atoms with Crippen LogP contribution >= 0.6 is 0 Å². The first-order valence-electron chi connectivity index (χ1n) is 2.41. The van der Waals surface area contributed by atoms with E-state index in [1.807, 2.05) is 13.8 Å². The van der Waals surface area contributed by atoms with Gasteiger partial charge in [0.25, 0.3) is 0 Å². The van der Waals surface area contributed by atoms with Crippen LogP contribution in [0.5, 0.6) is 0 Å². The van der Waals surface area contributed by atoms with E-state index >= 15 is 0 Å². The Balaban J connectivity index is -0.0000000720. The Hall–Kier alpha value is -0.118. The van der Waals surface area contributed by atoms with Crippen molar-refractivity contribution in [1.29, 1.82) is 0 Å². The predicted molar refractivity (Wildman–Crippen MR) is 40.3 cm³/mol. The average molecular weight is 217 g/mol. The van der Waals surface area contributed by atoms with Crippen LogP contribution in [0.25, 0.3) is 0 Å². The summed E-state index contributed by atoms with van der Waals surface area (Å²) in [7, 11) is 0. The monoisotopic (exact) mass is 216 g/mol. The third-order valence-electron chi connectivity index (χ3n) is 0. The number of hydrogen-bond acceptors (Lipinski definition) is 0. The summed E-state index contributed by atoms with van der Waals surface area (Å²) >= 11 is 0. The number of rotatable bonds is 0. The van der Waals surface area contributed by atoms with Crippen LogP contribution in [-0.4, -0.2) is 0 Å². The molecule has 0 amide bonds. The van der Waals surface area contributed by atoms with Gasteiger partial charge >= 0.3 is 20.4 Å². The van der Waals surface area contributed by atoms with E-state index in [0.29, 0.717) is 0 Å². The SMILES string of the molecule is C=C([CH2-])C.C=C([CH2-])C.[Pd+2]. The molecule has 56 valence electrons. The van der Waals surface area contributed by atoms with E-state index in [0.717, 1.165) is 11.1 Å². The Bertz CT molecular complexity index is 62.6. The summed E-state index contributed by atoms with van der Waals surface area (Å²) in [4.78, 5) is 0. The van der Waals surface area contributed by atoms with Gasteiger partial charge in [-0.15, -0.1) is 0 Å². The van der Waals surface area contributed by atoms with Crippen molar-refractivity contribution in [1.82, 2.24) is 0 Å². The van der Waals surface area contributed by atoms with E-state index in [4.69, 9.17) is 0 Å². The van der Waals surface area contributed by atoms with Crippen molar-refractivity contribution in [2.24, 2.45) is 0 Å². The van der Waals surface area contributed by atoms with Crippen LogP contribution < -0.4 is 0 Å². The number of hydrogen-bond donors (Lipinski definition) is 0. The Morgan fingerprint density at radius 2 is 1.00 bits per heavy atom. The van der Waals surface area contributed by atoms with Gasteiger partial charge in [-0.05, 0) is 0 Å². The molecular weight excluding hydrogens is 203 g/mol. The number of allylic oxidation sites excluding steroid dienone is 2. The molecule has 0 unspecified atom stereocenters. The molecule has 9 heavy (non-hydrogen) atoms. The van der Waals surface area contributed by atoms with Gasteiger partial charge in [0.15, 0.2) is 0 Å². The molecule has 0 rings (SSSR count). The molecule has 0 radical (unpaired) electrons. The molecule has 0 aromatic carbocycles. The second-order valence-corrected chi connectivity index (χ2v) is 1.91. The molecule has 0 aliphatic rings. The molecule has 0 heterocycles. The van der Waals surface area contributed by atoms with Gasteiger partial charge in [0.1, 0.15) is 0 Å². The van der Waals surface area contributed by atoms with Crippen molar-refractivity contribution in [3.8, 4) is 0 Å². The van der Waals surface area contributed by atoms with Gasteiger partial charge in [-0.1, -0.05) is 13.8 Å². The molecule has 0 aliphatic heterocycles. The normalized spacial score (nSPS) is 5.56. The molecule has 1 heteroatoms. The van der Waals surface area contributed by atoms with Crippen molar-refractivity contribution >= 4 is 0 Å². The first kappa shape index (κ1) is 15.9. The maximum absolute atomic E-state index is 3.44. The van der Waals surface area contributed by atoms with Crippen LogP contribution in [0, 0.1) is 13.8 Å². The van der Waals surface area contributed by atoms with Crippen LogP contribution in [-0.2, 0) is 20.4 Å². The molecule has 0 saturated heterocycles. The summed E-state index contributed by atoms with van der Waals surface area (Å²) in [5.41, 5.74) is 1.83. The van der Waals surface area contributed by atoms with E-state index in [1.165, 1.54) is 0 Å². The quantitative estimate of drug-likeness (QED) is 0.432. The second-order valence-electron chi connectivity index (χ2n) is 1.91. The minimum Gasteiger partial charge on any atom is -0.242 e. The van der Waals surface area contributed by atoms with Crippen LogP contribution in [0.1, 0.15) is 13.8 Å². The van der Waals surface area contributed by atoms with Crippen LogP contribution in [0.3, 0.4) is 0 Å². The summed E-state index contributed by atoms with van der Waals surface area (Å²) < 4.78 is 0. The third-order valence-corrected chi connectivity index (χ3v) is 0. The maximum atomic E-state index is 3.44. The van der Waals surface area contributed by atoms with Gasteiger partial charge in [-0.3, -0.25) is 0 Å². The van der Waals surface area contributed by atoms with E-state index in [1.54, 1.807) is 0 Å². The summed E-state index contributed by atoms with van der Waals surface area (Å²) in [5, 5.41) is 0. The van der Waals surface area contributed by atoms with Crippen molar-refractivity contribution in [2.45, 2.75) is 13.8 Å². The molecular formula is C8H14Pd. The van der Waals surface area contributed by atoms with Crippen molar-refractivity contribution in [3.63, 3.8) is 0 Å². The van der Waals surface area contributed by atoms with E-state index < -0.39 is 0 Å². The minimum atomic E-state index is 0. The van der Waals surface area contributed by atoms with Gasteiger partial charge < -0.3 is 0 Å². The molecule has 0 bridgehead atoms. The Labute approximate surface area is 72.7 Å². The van der Waals surface area contributed by atoms with Gasteiger partial charge in [-0.25, -0.2) is 38.2 Å². The Morgan fingerprint density at radius 3 is 1.00 bits per heavy atom. The molecule has 0 fully saturated rings. The van der Waals surface area contributed by atoms with E-state index in [-0.39, 0.29) is 20.4 Å². The molecule has 0 aliphatic carbocycles. The van der Waals surface area contributed by atoms with Crippen molar-refractivity contribution in [3.05, 3.63) is 38.2 Å². The van der Waals surface area contributed by atoms with Gasteiger partial charge in [-0.2, -0.15) is 0 Å². The molecule has 0 saturated carbocycles. The topological polar surface area (TPSA) is 0 Å². The minimum absolute atomic E-state index is 0. The van der Waals surface area contributed by atoms with Crippen molar-refractivity contribution in [2.75, 3.05) is 0 Å². The van der Waals surface area contributed by atoms with Crippen molar-refractivity contribution < 1.29 is 20.4 Å². The molecule has 0 nitrogen and oxygen atoms in total. The van der Waals surface area contributed by atoms with Gasteiger partial charge in [0.2, 0.25) is 0 Å². The van der Waals surface area contributed by atoms with Crippen LogP contribution in [0.15, 0.2) is 24.3 Å². The molecule has 0 atom stereocenters. The zero-order valence-corrected chi connectivity index (χ0v) is 7.70. The first-order chi connectivity index (χ1) is 3.46. The molecule has 0 aromatic rings. The fourth-order valence-corrected chi connectivity index (χ4v) is 0. The standard InChI is InChI=1S/2C4H7.Pd/c2*1-4(2)3;/h2*1-2H2,3H3;/q2*-1;+2. The molecule has 0 N–H and O–H groups in total. The first-order valence-corrected chi connectivity index (χ1v) is 2.41. The third kappa shape index (κ3) is 19700. The Morgan fingerprint density at radius 1 is 1.00 bits per heavy atom. The summed E-state index contributed by atoms with van der Waals surface area (Å²) in [6.45, 7) is 17.5. The average Bonchev–Trinajstić information content (AvgIpc) is 1.25. The van der Waals surface area contributed by atoms with Gasteiger partial charge in [0.05, 0.1) is 0 Å². The largest absolute Gasteiger partial charge is 2.00 e. The summed E-state index contributed by atoms with van der Waals surface area (Å²) in [6.07, 6.45) is 0. The smallest absolute Gasteiger partial charge is 0.242 e. The molecule has 0 spiro atoms. The van der Waals surface area contributed by atoms with Gasteiger partial charge in [0, 0.05) is 0 Å². The zero-order chi connectivity index (χ0) is 7.15. The summed E-state index contributed by atoms with van der Waals surface area (Å²) in [5.74, 6) is 0. The van der Waals surface area contributed by atoms with E-state index in [2.05, 4.69) is 27.0 Å². The predicted octanol–water partition coefficient (Wildman–Crippen LogP) is 2.79. The maximum Gasteiger partial charge on any atom is 2.00 e. The molecule has 0 aromatic heterocycles.